The molecule has 7 nitrogen and oxygen atoms in total. The molecule has 1 aromatic carbocycles. The number of nitrogens with zero attached hydrogens (tertiary/aromatic N) is 2. The Bertz CT molecular complexity index is 746. The molecule has 132 valence electrons. The van der Waals surface area contributed by atoms with Crippen LogP contribution in [0.25, 0.3) is 0 Å². The van der Waals surface area contributed by atoms with E-state index >= 15 is 0 Å². The molecule has 0 atom stereocenters. The number of hydrogen-bond donors (Lipinski definition) is 1. The number of furan rings is 1. The second-order valence-electron chi connectivity index (χ2n) is 5.82. The molecule has 7 heteroatoms. The van der Waals surface area contributed by atoms with Gasteiger partial charge in [-0.3, -0.25) is 9.59 Å². The summed E-state index contributed by atoms with van der Waals surface area (Å²) in [5.74, 6) is 1.16. The summed E-state index contributed by atoms with van der Waals surface area (Å²) >= 11 is 0. The lowest BCUT2D eigenvalue weighted by Crippen LogP contribution is -2.50. The number of amides is 2. The maximum atomic E-state index is 12.5. The minimum absolute atomic E-state index is 0.0384. The Morgan fingerprint density at radius 2 is 1.60 bits per heavy atom. The minimum atomic E-state index is -0.0972. The van der Waals surface area contributed by atoms with Crippen LogP contribution >= 0.6 is 0 Å². The van der Waals surface area contributed by atoms with Crippen molar-refractivity contribution in [2.75, 3.05) is 33.3 Å². The Balaban J connectivity index is 1.59. The molecule has 2 aromatic rings. The van der Waals surface area contributed by atoms with Gasteiger partial charge < -0.3 is 24.7 Å². The van der Waals surface area contributed by atoms with Crippen molar-refractivity contribution < 1.29 is 18.7 Å². The first kappa shape index (κ1) is 17.0. The number of carbonyl (C=O) groups is 2. The zero-order valence-electron chi connectivity index (χ0n) is 14.1. The van der Waals surface area contributed by atoms with Crippen LogP contribution in [-0.2, 0) is 6.54 Å². The molecular formula is C18H21N3O4. The van der Waals surface area contributed by atoms with Gasteiger partial charge in [0.15, 0.2) is 0 Å². The Morgan fingerprint density at radius 1 is 1.04 bits per heavy atom. The van der Waals surface area contributed by atoms with E-state index in [4.69, 9.17) is 14.9 Å². The lowest BCUT2D eigenvalue weighted by molar-refractivity contribution is 0.0535. The van der Waals surface area contributed by atoms with Crippen molar-refractivity contribution in [3.05, 3.63) is 53.5 Å². The summed E-state index contributed by atoms with van der Waals surface area (Å²) in [6.07, 6.45) is 1.43. The van der Waals surface area contributed by atoms with Gasteiger partial charge in [-0.1, -0.05) is 0 Å². The number of hydrogen-bond acceptors (Lipinski definition) is 5. The Kier molecular flexibility index (Phi) is 5.04. The molecule has 1 aromatic heterocycles. The molecule has 2 amide bonds. The van der Waals surface area contributed by atoms with E-state index in [1.807, 2.05) is 0 Å². The molecule has 0 spiro atoms. The lowest BCUT2D eigenvalue weighted by atomic mass is 10.1. The molecule has 1 saturated heterocycles. The summed E-state index contributed by atoms with van der Waals surface area (Å²) in [5, 5.41) is 0. The molecular weight excluding hydrogens is 322 g/mol. The molecule has 0 aliphatic carbocycles. The van der Waals surface area contributed by atoms with E-state index in [1.54, 1.807) is 47.2 Å². The normalized spacial score (nSPS) is 14.5. The topological polar surface area (TPSA) is 89.0 Å². The Morgan fingerprint density at radius 3 is 2.08 bits per heavy atom. The van der Waals surface area contributed by atoms with Crippen molar-refractivity contribution in [1.82, 2.24) is 9.80 Å². The maximum Gasteiger partial charge on any atom is 0.257 e. The van der Waals surface area contributed by atoms with Gasteiger partial charge in [-0.25, -0.2) is 0 Å². The van der Waals surface area contributed by atoms with Crippen LogP contribution in [0.5, 0.6) is 5.75 Å². The molecule has 3 rings (SSSR count). The van der Waals surface area contributed by atoms with E-state index in [1.165, 1.54) is 6.26 Å². The highest BCUT2D eigenvalue weighted by Crippen LogP contribution is 2.16. The van der Waals surface area contributed by atoms with Gasteiger partial charge in [0, 0.05) is 31.7 Å². The maximum absolute atomic E-state index is 12.5. The second kappa shape index (κ2) is 7.40. The molecule has 0 saturated carbocycles. The van der Waals surface area contributed by atoms with Crippen LogP contribution in [0.4, 0.5) is 0 Å². The van der Waals surface area contributed by atoms with Crippen LogP contribution < -0.4 is 10.5 Å². The van der Waals surface area contributed by atoms with E-state index in [0.29, 0.717) is 48.8 Å². The second-order valence-corrected chi connectivity index (χ2v) is 5.82. The number of ether oxygens (including phenoxy) is 1. The van der Waals surface area contributed by atoms with Gasteiger partial charge in [0.05, 0.1) is 19.2 Å². The largest absolute Gasteiger partial charge is 0.497 e. The average molecular weight is 343 g/mol. The van der Waals surface area contributed by atoms with Crippen molar-refractivity contribution in [3.8, 4) is 5.75 Å². The highest BCUT2D eigenvalue weighted by atomic mass is 16.5. The summed E-state index contributed by atoms with van der Waals surface area (Å²) < 4.78 is 10.3. The van der Waals surface area contributed by atoms with Crippen LogP contribution in [-0.4, -0.2) is 54.9 Å². The molecule has 1 aliphatic heterocycles. The fraction of sp³-hybridized carbons (Fsp3) is 0.333. The first-order chi connectivity index (χ1) is 12.1. The number of carbonyl (C=O) groups excluding carboxylic acids is 2. The quantitative estimate of drug-likeness (QED) is 0.905. The van der Waals surface area contributed by atoms with Gasteiger partial charge >= 0.3 is 0 Å². The van der Waals surface area contributed by atoms with Crippen molar-refractivity contribution in [2.24, 2.45) is 5.73 Å². The summed E-state index contributed by atoms with van der Waals surface area (Å²) in [7, 11) is 1.59. The van der Waals surface area contributed by atoms with Crippen molar-refractivity contribution in [1.29, 1.82) is 0 Å². The van der Waals surface area contributed by atoms with Gasteiger partial charge in [-0.2, -0.15) is 0 Å². The van der Waals surface area contributed by atoms with Crippen molar-refractivity contribution in [2.45, 2.75) is 6.54 Å². The summed E-state index contributed by atoms with van der Waals surface area (Å²) in [6, 6.07) is 8.69. The van der Waals surface area contributed by atoms with E-state index in [0.717, 1.165) is 0 Å². The van der Waals surface area contributed by atoms with Gasteiger partial charge in [0.1, 0.15) is 17.8 Å². The fourth-order valence-electron chi connectivity index (χ4n) is 2.81. The monoisotopic (exact) mass is 343 g/mol. The Hall–Kier alpha value is -2.80. The van der Waals surface area contributed by atoms with E-state index in [2.05, 4.69) is 0 Å². The summed E-state index contributed by atoms with van der Waals surface area (Å²) in [5.41, 5.74) is 6.61. The SMILES string of the molecule is COc1ccc(C(=O)N2CCN(C(=O)c3coc(CN)c3)CC2)cc1. The zero-order valence-corrected chi connectivity index (χ0v) is 14.1. The average Bonchev–Trinajstić information content (AvgIpc) is 3.16. The molecule has 0 unspecified atom stereocenters. The van der Waals surface area contributed by atoms with Crippen LogP contribution in [0, 0.1) is 0 Å². The van der Waals surface area contributed by atoms with Crippen LogP contribution in [0.3, 0.4) is 0 Å². The lowest BCUT2D eigenvalue weighted by Gasteiger charge is -2.34. The molecule has 0 bridgehead atoms. The first-order valence-electron chi connectivity index (χ1n) is 8.12. The van der Waals surface area contributed by atoms with Crippen molar-refractivity contribution in [3.63, 3.8) is 0 Å². The van der Waals surface area contributed by atoms with Crippen LogP contribution in [0.15, 0.2) is 41.0 Å². The highest BCUT2D eigenvalue weighted by molar-refractivity contribution is 5.96. The predicted molar refractivity (Wildman–Crippen MR) is 91.4 cm³/mol. The zero-order chi connectivity index (χ0) is 17.8. The fourth-order valence-corrected chi connectivity index (χ4v) is 2.81. The smallest absolute Gasteiger partial charge is 0.257 e. The Labute approximate surface area is 145 Å². The molecule has 0 radical (unpaired) electrons. The molecule has 2 heterocycles. The third kappa shape index (κ3) is 3.66. The molecule has 1 fully saturated rings. The van der Waals surface area contributed by atoms with Gasteiger partial charge in [-0.15, -0.1) is 0 Å². The van der Waals surface area contributed by atoms with E-state index in [-0.39, 0.29) is 18.4 Å². The van der Waals surface area contributed by atoms with Gasteiger partial charge in [0.2, 0.25) is 0 Å². The predicted octanol–water partition coefficient (Wildman–Crippen LogP) is 1.35. The molecule has 2 N–H and O–H groups in total. The third-order valence-electron chi connectivity index (χ3n) is 4.29. The number of rotatable bonds is 4. The molecule has 1 aliphatic rings. The standard InChI is InChI=1S/C18H21N3O4/c1-24-15-4-2-13(3-5-15)17(22)20-6-8-21(9-7-20)18(23)14-10-16(11-19)25-12-14/h2-5,10,12H,6-9,11,19H2,1H3. The number of piperazine rings is 1. The summed E-state index contributed by atoms with van der Waals surface area (Å²) in [4.78, 5) is 28.5. The number of benzene rings is 1. The first-order valence-corrected chi connectivity index (χ1v) is 8.12. The van der Waals surface area contributed by atoms with Gasteiger partial charge in [0.25, 0.3) is 11.8 Å². The van der Waals surface area contributed by atoms with Gasteiger partial charge in [-0.05, 0) is 30.3 Å². The van der Waals surface area contributed by atoms with Crippen molar-refractivity contribution >= 4 is 11.8 Å². The van der Waals surface area contributed by atoms with Crippen LogP contribution in [0.1, 0.15) is 26.5 Å². The van der Waals surface area contributed by atoms with E-state index in [9.17, 15) is 9.59 Å². The third-order valence-corrected chi connectivity index (χ3v) is 4.29. The number of methoxy groups -OCH3 is 1. The highest BCUT2D eigenvalue weighted by Gasteiger charge is 2.26. The summed E-state index contributed by atoms with van der Waals surface area (Å²) in [6.45, 7) is 2.24. The van der Waals surface area contributed by atoms with Crippen LogP contribution in [0.2, 0.25) is 0 Å². The van der Waals surface area contributed by atoms with E-state index < -0.39 is 0 Å². The number of nitrogens with two attached hydrogens (primary N) is 1. The molecule has 25 heavy (non-hydrogen) atoms. The minimum Gasteiger partial charge on any atom is -0.497 e.